The lowest BCUT2D eigenvalue weighted by molar-refractivity contribution is -0.0511. The van der Waals surface area contributed by atoms with Crippen LogP contribution >= 0.6 is 11.6 Å². The maximum absolute atomic E-state index is 10.3. The van der Waals surface area contributed by atoms with E-state index in [1.807, 2.05) is 31.2 Å². The fourth-order valence-corrected chi connectivity index (χ4v) is 3.42. The van der Waals surface area contributed by atoms with Gasteiger partial charge in [0.25, 0.3) is 0 Å². The first-order valence-electron chi connectivity index (χ1n) is 8.81. The molecular formula is C18H20ClN5O4. The van der Waals surface area contributed by atoms with Crippen LogP contribution in [0.5, 0.6) is 0 Å². The van der Waals surface area contributed by atoms with Gasteiger partial charge in [-0.25, -0.2) is 15.0 Å². The molecular weight excluding hydrogens is 386 g/mol. The highest BCUT2D eigenvalue weighted by Crippen LogP contribution is 2.32. The summed E-state index contributed by atoms with van der Waals surface area (Å²) in [7, 11) is 0. The number of aromatic nitrogens is 4. The number of anilines is 1. The number of aliphatic hydroxyl groups excluding tert-OH is 3. The molecule has 10 heteroatoms. The predicted molar refractivity (Wildman–Crippen MR) is 102 cm³/mol. The van der Waals surface area contributed by atoms with Crippen molar-refractivity contribution in [1.82, 2.24) is 19.5 Å². The van der Waals surface area contributed by atoms with Crippen LogP contribution < -0.4 is 5.32 Å². The van der Waals surface area contributed by atoms with Gasteiger partial charge >= 0.3 is 0 Å². The van der Waals surface area contributed by atoms with Crippen molar-refractivity contribution < 1.29 is 20.1 Å². The molecule has 148 valence electrons. The Bertz CT molecular complexity index is 966. The molecule has 2 aromatic heterocycles. The van der Waals surface area contributed by atoms with Crippen LogP contribution in [0.25, 0.3) is 11.2 Å². The number of fused-ring (bicyclic) bond motifs is 1. The number of halogens is 1. The Hall–Kier alpha value is -2.30. The van der Waals surface area contributed by atoms with E-state index in [1.54, 1.807) is 0 Å². The minimum absolute atomic E-state index is 0.0607. The van der Waals surface area contributed by atoms with Gasteiger partial charge in [0.05, 0.1) is 19.0 Å². The maximum Gasteiger partial charge on any atom is 0.167 e. The number of imidazole rings is 1. The van der Waals surface area contributed by atoms with Crippen molar-refractivity contribution in [1.29, 1.82) is 0 Å². The molecule has 1 aliphatic heterocycles. The van der Waals surface area contributed by atoms with Gasteiger partial charge in [0.2, 0.25) is 0 Å². The summed E-state index contributed by atoms with van der Waals surface area (Å²) >= 11 is 5.94. The van der Waals surface area contributed by atoms with Gasteiger partial charge in [-0.1, -0.05) is 23.7 Å². The highest BCUT2D eigenvalue weighted by Gasteiger charge is 2.44. The molecule has 3 aromatic rings. The molecule has 0 radical (unpaired) electrons. The summed E-state index contributed by atoms with van der Waals surface area (Å²) in [5.74, 6) is 0.526. The monoisotopic (exact) mass is 405 g/mol. The number of benzene rings is 1. The molecule has 28 heavy (non-hydrogen) atoms. The average Bonchev–Trinajstić information content (AvgIpc) is 3.24. The van der Waals surface area contributed by atoms with Crippen molar-refractivity contribution in [2.24, 2.45) is 0 Å². The fourth-order valence-electron chi connectivity index (χ4n) is 3.29. The van der Waals surface area contributed by atoms with E-state index in [4.69, 9.17) is 16.3 Å². The van der Waals surface area contributed by atoms with E-state index in [-0.39, 0.29) is 6.04 Å². The first kappa shape index (κ1) is 19.0. The van der Waals surface area contributed by atoms with Crippen LogP contribution in [0.3, 0.4) is 0 Å². The van der Waals surface area contributed by atoms with E-state index in [2.05, 4.69) is 20.3 Å². The molecule has 0 bridgehead atoms. The summed E-state index contributed by atoms with van der Waals surface area (Å²) < 4.78 is 7.10. The van der Waals surface area contributed by atoms with E-state index in [1.165, 1.54) is 17.2 Å². The number of hydrogen-bond donors (Lipinski definition) is 4. The van der Waals surface area contributed by atoms with Crippen molar-refractivity contribution in [2.45, 2.75) is 37.5 Å². The minimum atomic E-state index is -1.21. The molecule has 4 rings (SSSR count). The van der Waals surface area contributed by atoms with Gasteiger partial charge in [-0.15, -0.1) is 0 Å². The maximum atomic E-state index is 10.3. The number of aliphatic hydroxyl groups is 3. The summed E-state index contributed by atoms with van der Waals surface area (Å²) in [5.41, 5.74) is 1.97. The van der Waals surface area contributed by atoms with Crippen LogP contribution in [0.15, 0.2) is 36.9 Å². The van der Waals surface area contributed by atoms with E-state index in [0.717, 1.165) is 5.56 Å². The Morgan fingerprint density at radius 3 is 2.61 bits per heavy atom. The molecule has 4 N–H and O–H groups in total. The second-order valence-electron chi connectivity index (χ2n) is 6.69. The van der Waals surface area contributed by atoms with Crippen molar-refractivity contribution >= 4 is 28.6 Å². The summed E-state index contributed by atoms with van der Waals surface area (Å²) in [6.07, 6.45) is -1.34. The quantitative estimate of drug-likeness (QED) is 0.500. The zero-order valence-electron chi connectivity index (χ0n) is 15.0. The van der Waals surface area contributed by atoms with Gasteiger partial charge < -0.3 is 25.4 Å². The highest BCUT2D eigenvalue weighted by atomic mass is 35.5. The smallest absolute Gasteiger partial charge is 0.167 e. The number of hydrogen-bond acceptors (Lipinski definition) is 8. The normalized spacial score (nSPS) is 25.9. The second-order valence-corrected chi connectivity index (χ2v) is 7.13. The molecule has 0 saturated carbocycles. The molecule has 9 nitrogen and oxygen atoms in total. The average molecular weight is 406 g/mol. The van der Waals surface area contributed by atoms with Gasteiger partial charge in [-0.2, -0.15) is 0 Å². The molecule has 3 heterocycles. The number of rotatable bonds is 5. The Kier molecular flexibility index (Phi) is 5.17. The molecule has 1 aliphatic rings. The Balaban J connectivity index is 1.63. The molecule has 1 saturated heterocycles. The largest absolute Gasteiger partial charge is 0.394 e. The van der Waals surface area contributed by atoms with Crippen LogP contribution in [-0.4, -0.2) is 59.8 Å². The topological polar surface area (TPSA) is 126 Å². The molecule has 5 atom stereocenters. The van der Waals surface area contributed by atoms with Crippen LogP contribution in [-0.2, 0) is 4.74 Å². The van der Waals surface area contributed by atoms with Gasteiger partial charge in [0, 0.05) is 5.02 Å². The highest BCUT2D eigenvalue weighted by molar-refractivity contribution is 6.30. The zero-order valence-corrected chi connectivity index (χ0v) is 15.7. The summed E-state index contributed by atoms with van der Waals surface area (Å²) in [6, 6.07) is 7.43. The summed E-state index contributed by atoms with van der Waals surface area (Å²) in [5, 5.41) is 33.5. The summed E-state index contributed by atoms with van der Waals surface area (Å²) in [6.45, 7) is 1.59. The minimum Gasteiger partial charge on any atom is -0.394 e. The van der Waals surface area contributed by atoms with Gasteiger partial charge in [0.15, 0.2) is 23.2 Å². The lowest BCUT2D eigenvalue weighted by Gasteiger charge is -2.17. The standard InChI is InChI=1S/C18H20ClN5O4/c1-9(10-2-4-11(19)5-3-10)23-16-13-17(21-7-20-16)24(8-22-13)18-15(27)14(26)12(6-25)28-18/h2-5,7-9,12,14-15,18,25-27H,6H2,1H3,(H,20,21,23)/t9-,12-,14+,15?,18-/m1/s1. The lowest BCUT2D eigenvalue weighted by atomic mass is 10.1. The molecule has 1 aromatic carbocycles. The molecule has 1 fully saturated rings. The van der Waals surface area contributed by atoms with E-state index in [9.17, 15) is 15.3 Å². The fraction of sp³-hybridized carbons (Fsp3) is 0.389. The Morgan fingerprint density at radius 1 is 1.18 bits per heavy atom. The van der Waals surface area contributed by atoms with Crippen LogP contribution in [0.1, 0.15) is 24.8 Å². The Labute approximate surface area is 165 Å². The van der Waals surface area contributed by atoms with Gasteiger partial charge in [-0.3, -0.25) is 4.57 Å². The molecule has 0 amide bonds. The van der Waals surface area contributed by atoms with Crippen LogP contribution in [0.4, 0.5) is 5.82 Å². The van der Waals surface area contributed by atoms with Crippen molar-refractivity contribution in [3.05, 3.63) is 47.5 Å². The van der Waals surface area contributed by atoms with E-state index >= 15 is 0 Å². The van der Waals surface area contributed by atoms with E-state index in [0.29, 0.717) is 22.0 Å². The molecule has 0 spiro atoms. The SMILES string of the molecule is C[C@@H](Nc1ncnc2c1ncn2[C@@H]1O[C@H](CO)[C@H](O)C1O)c1ccc(Cl)cc1. The third-order valence-electron chi connectivity index (χ3n) is 4.87. The molecule has 0 aliphatic carbocycles. The van der Waals surface area contributed by atoms with Crippen LogP contribution in [0.2, 0.25) is 5.02 Å². The second kappa shape index (κ2) is 7.61. The third-order valence-corrected chi connectivity index (χ3v) is 5.13. The van der Waals surface area contributed by atoms with Crippen LogP contribution in [0, 0.1) is 0 Å². The molecule has 1 unspecified atom stereocenters. The van der Waals surface area contributed by atoms with E-state index < -0.39 is 31.1 Å². The lowest BCUT2D eigenvalue weighted by Crippen LogP contribution is -2.33. The number of nitrogens with one attached hydrogen (secondary N) is 1. The first-order chi connectivity index (χ1) is 13.5. The Morgan fingerprint density at radius 2 is 1.93 bits per heavy atom. The van der Waals surface area contributed by atoms with Crippen molar-refractivity contribution in [2.75, 3.05) is 11.9 Å². The first-order valence-corrected chi connectivity index (χ1v) is 9.19. The number of ether oxygens (including phenoxy) is 1. The number of nitrogens with zero attached hydrogens (tertiary/aromatic N) is 4. The zero-order chi connectivity index (χ0) is 19.8. The summed E-state index contributed by atoms with van der Waals surface area (Å²) in [4.78, 5) is 12.9. The van der Waals surface area contributed by atoms with Crippen molar-refractivity contribution in [3.63, 3.8) is 0 Å². The van der Waals surface area contributed by atoms with Crippen molar-refractivity contribution in [3.8, 4) is 0 Å². The van der Waals surface area contributed by atoms with Gasteiger partial charge in [0.1, 0.15) is 24.6 Å². The predicted octanol–water partition coefficient (Wildman–Crippen LogP) is 1.26. The van der Waals surface area contributed by atoms with Gasteiger partial charge in [-0.05, 0) is 24.6 Å². The third kappa shape index (κ3) is 3.31.